The van der Waals surface area contributed by atoms with Crippen LogP contribution in [-0.2, 0) is 28.5 Å². The monoisotopic (exact) mass is 246 g/mol. The van der Waals surface area contributed by atoms with Crippen molar-refractivity contribution in [2.45, 2.75) is 51.8 Å². The average molecular weight is 246 g/mol. The Morgan fingerprint density at radius 3 is 2.06 bits per heavy atom. The molecule has 0 aromatic rings. The lowest BCUT2D eigenvalue weighted by Gasteiger charge is -2.22. The molecule has 1 rings (SSSR count). The van der Waals surface area contributed by atoms with E-state index in [1.165, 1.54) is 21.0 Å². The fourth-order valence-corrected chi connectivity index (χ4v) is 1.86. The molecule has 1 aliphatic heterocycles. The minimum atomic E-state index is -0.716. The Balaban J connectivity index is 2.82. The maximum Gasteiger partial charge on any atom is 0.303 e. The van der Waals surface area contributed by atoms with E-state index < -0.39 is 30.4 Å². The molecule has 1 heterocycles. The molecule has 0 aliphatic carbocycles. The Kier molecular flexibility index (Phi) is 4.89. The molecule has 1 fully saturated rings. The number of carbonyl (C=O) groups is 2. The Bertz CT molecular complexity index is 262. The lowest BCUT2D eigenvalue weighted by atomic mass is 10.1. The van der Waals surface area contributed by atoms with E-state index in [0.29, 0.717) is 6.42 Å². The zero-order valence-corrected chi connectivity index (χ0v) is 10.5. The topological polar surface area (TPSA) is 71.1 Å². The van der Waals surface area contributed by atoms with Crippen LogP contribution < -0.4 is 0 Å². The summed E-state index contributed by atoms with van der Waals surface area (Å²) in [6.07, 6.45) is -1.73. The third kappa shape index (κ3) is 3.41. The van der Waals surface area contributed by atoms with Gasteiger partial charge in [-0.2, -0.15) is 0 Å². The van der Waals surface area contributed by atoms with E-state index in [-0.39, 0.29) is 6.10 Å². The largest absolute Gasteiger partial charge is 0.456 e. The maximum atomic E-state index is 11.0. The van der Waals surface area contributed by atoms with Gasteiger partial charge in [0.1, 0.15) is 6.10 Å². The molecule has 0 aromatic carbocycles. The van der Waals surface area contributed by atoms with Gasteiger partial charge in [0.05, 0.1) is 0 Å². The highest BCUT2D eigenvalue weighted by molar-refractivity contribution is 5.67. The van der Waals surface area contributed by atoms with E-state index in [2.05, 4.69) is 0 Å². The van der Waals surface area contributed by atoms with E-state index in [1.807, 2.05) is 6.92 Å². The van der Waals surface area contributed by atoms with Crippen molar-refractivity contribution in [3.05, 3.63) is 0 Å². The smallest absolute Gasteiger partial charge is 0.303 e. The molecular formula is C11H18O6. The summed E-state index contributed by atoms with van der Waals surface area (Å²) in [6, 6.07) is 0. The van der Waals surface area contributed by atoms with Crippen molar-refractivity contribution in [1.29, 1.82) is 0 Å². The summed E-state index contributed by atoms with van der Waals surface area (Å²) in [5.74, 6) is -0.902. The number of methoxy groups -OCH3 is 1. The summed E-state index contributed by atoms with van der Waals surface area (Å²) in [5.41, 5.74) is 0. The van der Waals surface area contributed by atoms with Crippen molar-refractivity contribution in [2.24, 2.45) is 0 Å². The molecular weight excluding hydrogens is 228 g/mol. The molecule has 0 radical (unpaired) electrons. The summed E-state index contributed by atoms with van der Waals surface area (Å²) < 4.78 is 20.8. The van der Waals surface area contributed by atoms with Crippen LogP contribution in [0, 0.1) is 0 Å². The van der Waals surface area contributed by atoms with E-state index in [9.17, 15) is 9.59 Å². The van der Waals surface area contributed by atoms with Gasteiger partial charge in [-0.1, -0.05) is 6.92 Å². The SMILES string of the molecule is CC[C@@H]1O[C@@H](OC)[C@@H](OC(C)=O)C1OC(C)=O. The molecule has 1 aliphatic rings. The molecule has 6 heteroatoms. The van der Waals surface area contributed by atoms with Gasteiger partial charge in [0.2, 0.25) is 0 Å². The van der Waals surface area contributed by atoms with Crippen molar-refractivity contribution in [3.63, 3.8) is 0 Å². The van der Waals surface area contributed by atoms with Gasteiger partial charge in [-0.25, -0.2) is 0 Å². The number of hydrogen-bond donors (Lipinski definition) is 0. The fourth-order valence-electron chi connectivity index (χ4n) is 1.86. The van der Waals surface area contributed by atoms with Crippen molar-refractivity contribution in [1.82, 2.24) is 0 Å². The lowest BCUT2D eigenvalue weighted by molar-refractivity contribution is -0.180. The Morgan fingerprint density at radius 1 is 1.12 bits per heavy atom. The number of esters is 2. The first-order chi connectivity index (χ1) is 7.99. The summed E-state index contributed by atoms with van der Waals surface area (Å²) in [7, 11) is 1.45. The van der Waals surface area contributed by atoms with Crippen LogP contribution in [0.15, 0.2) is 0 Å². The predicted molar refractivity (Wildman–Crippen MR) is 57.1 cm³/mol. The standard InChI is InChI=1S/C11H18O6/c1-5-8-9(15-6(2)12)10(16-7(3)13)11(14-4)17-8/h8-11H,5H2,1-4H3/t8-,9?,10-,11+/m0/s1. The molecule has 0 saturated carbocycles. The first kappa shape index (κ1) is 13.9. The Morgan fingerprint density at radius 2 is 1.65 bits per heavy atom. The number of rotatable bonds is 4. The highest BCUT2D eigenvalue weighted by atomic mass is 16.7. The van der Waals surface area contributed by atoms with Crippen LogP contribution in [0.4, 0.5) is 0 Å². The minimum Gasteiger partial charge on any atom is -0.456 e. The van der Waals surface area contributed by atoms with Gasteiger partial charge in [0, 0.05) is 21.0 Å². The second-order valence-electron chi connectivity index (χ2n) is 3.83. The van der Waals surface area contributed by atoms with Crippen LogP contribution in [-0.4, -0.2) is 43.7 Å². The molecule has 0 aromatic heterocycles. The van der Waals surface area contributed by atoms with Gasteiger partial charge in [0.15, 0.2) is 18.5 Å². The first-order valence-electron chi connectivity index (χ1n) is 5.52. The fraction of sp³-hybridized carbons (Fsp3) is 0.818. The molecule has 0 amide bonds. The van der Waals surface area contributed by atoms with Gasteiger partial charge in [-0.05, 0) is 6.42 Å². The Labute approximate surface area is 100 Å². The highest BCUT2D eigenvalue weighted by Crippen LogP contribution is 2.29. The predicted octanol–water partition coefficient (Wildman–Crippen LogP) is 0.631. The first-order valence-corrected chi connectivity index (χ1v) is 5.52. The Hall–Kier alpha value is -1.14. The average Bonchev–Trinajstić information content (AvgIpc) is 2.55. The van der Waals surface area contributed by atoms with Gasteiger partial charge in [-0.15, -0.1) is 0 Å². The highest BCUT2D eigenvalue weighted by Gasteiger charge is 2.48. The number of carbonyl (C=O) groups excluding carboxylic acids is 2. The van der Waals surface area contributed by atoms with Gasteiger partial charge < -0.3 is 18.9 Å². The van der Waals surface area contributed by atoms with Crippen LogP contribution >= 0.6 is 0 Å². The van der Waals surface area contributed by atoms with Gasteiger partial charge in [0.25, 0.3) is 0 Å². The molecule has 6 nitrogen and oxygen atoms in total. The molecule has 0 spiro atoms. The van der Waals surface area contributed by atoms with Crippen LogP contribution in [0.2, 0.25) is 0 Å². The lowest BCUT2D eigenvalue weighted by Crippen LogP contribution is -2.40. The molecule has 1 saturated heterocycles. The molecule has 0 bridgehead atoms. The van der Waals surface area contributed by atoms with Crippen LogP contribution in [0.1, 0.15) is 27.2 Å². The second kappa shape index (κ2) is 5.97. The zero-order valence-electron chi connectivity index (χ0n) is 10.5. The van der Waals surface area contributed by atoms with Crippen LogP contribution in [0.5, 0.6) is 0 Å². The van der Waals surface area contributed by atoms with E-state index >= 15 is 0 Å². The van der Waals surface area contributed by atoms with Gasteiger partial charge >= 0.3 is 11.9 Å². The summed E-state index contributed by atoms with van der Waals surface area (Å²) >= 11 is 0. The zero-order chi connectivity index (χ0) is 13.0. The van der Waals surface area contributed by atoms with Crippen molar-refractivity contribution in [2.75, 3.05) is 7.11 Å². The normalized spacial score (nSPS) is 32.2. The third-order valence-corrected chi connectivity index (χ3v) is 2.51. The summed E-state index contributed by atoms with van der Waals surface area (Å²) in [6.45, 7) is 4.48. The number of hydrogen-bond acceptors (Lipinski definition) is 6. The quantitative estimate of drug-likeness (QED) is 0.677. The third-order valence-electron chi connectivity index (χ3n) is 2.51. The maximum absolute atomic E-state index is 11.0. The van der Waals surface area contributed by atoms with E-state index in [0.717, 1.165) is 0 Å². The minimum absolute atomic E-state index is 0.326. The molecule has 0 N–H and O–H groups in total. The molecule has 1 unspecified atom stereocenters. The summed E-state index contributed by atoms with van der Waals surface area (Å²) in [5, 5.41) is 0. The summed E-state index contributed by atoms with van der Waals surface area (Å²) in [4.78, 5) is 22.0. The van der Waals surface area contributed by atoms with Gasteiger partial charge in [-0.3, -0.25) is 9.59 Å². The van der Waals surface area contributed by atoms with Crippen molar-refractivity contribution < 1.29 is 28.5 Å². The van der Waals surface area contributed by atoms with Crippen molar-refractivity contribution in [3.8, 4) is 0 Å². The van der Waals surface area contributed by atoms with E-state index in [4.69, 9.17) is 18.9 Å². The van der Waals surface area contributed by atoms with Crippen LogP contribution in [0.3, 0.4) is 0 Å². The second-order valence-corrected chi connectivity index (χ2v) is 3.83. The van der Waals surface area contributed by atoms with Crippen LogP contribution in [0.25, 0.3) is 0 Å². The molecule has 4 atom stereocenters. The van der Waals surface area contributed by atoms with E-state index in [1.54, 1.807) is 0 Å². The molecule has 98 valence electrons. The number of ether oxygens (including phenoxy) is 4. The molecule has 17 heavy (non-hydrogen) atoms. The van der Waals surface area contributed by atoms with Crippen molar-refractivity contribution >= 4 is 11.9 Å².